The van der Waals surface area contributed by atoms with Gasteiger partial charge < -0.3 is 4.74 Å². The molecule has 0 bridgehead atoms. The molecule has 0 N–H and O–H groups in total. The summed E-state index contributed by atoms with van der Waals surface area (Å²) in [6.07, 6.45) is 0.568. The third-order valence-corrected chi connectivity index (χ3v) is 5.79. The molecular formula is C22H24N2O2S. The molecule has 0 atom stereocenters. The van der Waals surface area contributed by atoms with E-state index in [1.165, 1.54) is 11.1 Å². The van der Waals surface area contributed by atoms with Gasteiger partial charge in [0.1, 0.15) is 5.75 Å². The van der Waals surface area contributed by atoms with Gasteiger partial charge in [0.25, 0.3) is 5.56 Å². The molecule has 0 saturated carbocycles. The summed E-state index contributed by atoms with van der Waals surface area (Å²) in [4.78, 5) is 17.6. The summed E-state index contributed by atoms with van der Waals surface area (Å²) in [5.74, 6) is 1.61. The number of ether oxygens (including phenoxy) is 1. The van der Waals surface area contributed by atoms with Crippen LogP contribution in [0.4, 0.5) is 0 Å². The largest absolute Gasteiger partial charge is 0.497 e. The smallest absolute Gasteiger partial charge is 0.257 e. The molecule has 27 heavy (non-hydrogen) atoms. The predicted octanol–water partition coefficient (Wildman–Crippen LogP) is 4.29. The van der Waals surface area contributed by atoms with Gasteiger partial charge in [-0.1, -0.05) is 48.2 Å². The molecule has 0 saturated heterocycles. The molecule has 0 spiro atoms. The van der Waals surface area contributed by atoms with E-state index in [2.05, 4.69) is 19.1 Å². The Morgan fingerprint density at radius 3 is 2.44 bits per heavy atom. The molecule has 1 aromatic heterocycles. The molecule has 5 heteroatoms. The molecule has 0 aliphatic heterocycles. The molecule has 0 aliphatic carbocycles. The SMILES string of the molecule is COc1ccc(Cc2c(C)nc(SCc3ccccc3C)n(C)c2=O)cc1. The monoisotopic (exact) mass is 380 g/mol. The quantitative estimate of drug-likeness (QED) is 0.473. The van der Waals surface area contributed by atoms with Gasteiger partial charge in [-0.3, -0.25) is 9.36 Å². The van der Waals surface area contributed by atoms with Gasteiger partial charge in [-0.2, -0.15) is 0 Å². The van der Waals surface area contributed by atoms with Crippen LogP contribution in [0.15, 0.2) is 58.5 Å². The average Bonchev–Trinajstić information content (AvgIpc) is 2.68. The third-order valence-electron chi connectivity index (χ3n) is 4.71. The Bertz CT molecular complexity index is 994. The van der Waals surface area contributed by atoms with E-state index in [-0.39, 0.29) is 5.56 Å². The highest BCUT2D eigenvalue weighted by molar-refractivity contribution is 7.98. The van der Waals surface area contributed by atoms with Crippen molar-refractivity contribution in [2.45, 2.75) is 31.2 Å². The van der Waals surface area contributed by atoms with E-state index in [9.17, 15) is 4.79 Å². The van der Waals surface area contributed by atoms with E-state index >= 15 is 0 Å². The fourth-order valence-electron chi connectivity index (χ4n) is 2.92. The van der Waals surface area contributed by atoms with Crippen LogP contribution in [0.2, 0.25) is 0 Å². The van der Waals surface area contributed by atoms with Gasteiger partial charge in [-0.05, 0) is 42.7 Å². The van der Waals surface area contributed by atoms with Gasteiger partial charge in [0, 0.05) is 30.5 Å². The Morgan fingerprint density at radius 2 is 1.78 bits per heavy atom. The van der Waals surface area contributed by atoms with Gasteiger partial charge in [-0.15, -0.1) is 0 Å². The molecule has 0 amide bonds. The summed E-state index contributed by atoms with van der Waals surface area (Å²) in [5.41, 5.74) is 5.13. The van der Waals surface area contributed by atoms with Gasteiger partial charge in [0.2, 0.25) is 0 Å². The average molecular weight is 381 g/mol. The lowest BCUT2D eigenvalue weighted by Gasteiger charge is -2.13. The first-order valence-corrected chi connectivity index (χ1v) is 9.85. The first-order valence-electron chi connectivity index (χ1n) is 8.86. The van der Waals surface area contributed by atoms with Crippen LogP contribution in [0.25, 0.3) is 0 Å². The maximum Gasteiger partial charge on any atom is 0.257 e. The number of hydrogen-bond acceptors (Lipinski definition) is 4. The van der Waals surface area contributed by atoms with Crippen molar-refractivity contribution in [3.8, 4) is 5.75 Å². The van der Waals surface area contributed by atoms with E-state index in [4.69, 9.17) is 9.72 Å². The van der Waals surface area contributed by atoms with Crippen molar-refractivity contribution in [1.29, 1.82) is 0 Å². The summed E-state index contributed by atoms with van der Waals surface area (Å²) >= 11 is 1.60. The Balaban J connectivity index is 1.82. The van der Waals surface area contributed by atoms with Crippen LogP contribution >= 0.6 is 11.8 Å². The fourth-order valence-corrected chi connectivity index (χ4v) is 4.01. The molecule has 3 aromatic rings. The van der Waals surface area contributed by atoms with Crippen molar-refractivity contribution in [2.75, 3.05) is 7.11 Å². The minimum Gasteiger partial charge on any atom is -0.497 e. The highest BCUT2D eigenvalue weighted by Gasteiger charge is 2.13. The number of hydrogen-bond donors (Lipinski definition) is 0. The number of nitrogens with zero attached hydrogens (tertiary/aromatic N) is 2. The molecule has 2 aromatic carbocycles. The molecule has 0 radical (unpaired) electrons. The highest BCUT2D eigenvalue weighted by Crippen LogP contribution is 2.23. The van der Waals surface area contributed by atoms with Gasteiger partial charge in [-0.25, -0.2) is 4.98 Å². The first kappa shape index (κ1) is 19.2. The van der Waals surface area contributed by atoms with Crippen LogP contribution < -0.4 is 10.3 Å². The minimum atomic E-state index is 0.0191. The van der Waals surface area contributed by atoms with Crippen LogP contribution in [0.1, 0.15) is 27.9 Å². The van der Waals surface area contributed by atoms with Gasteiger partial charge in [0.15, 0.2) is 5.16 Å². The van der Waals surface area contributed by atoms with E-state index < -0.39 is 0 Å². The Kier molecular flexibility index (Phi) is 6.01. The van der Waals surface area contributed by atoms with Gasteiger partial charge >= 0.3 is 0 Å². The van der Waals surface area contributed by atoms with Crippen molar-refractivity contribution < 1.29 is 4.74 Å². The molecular weight excluding hydrogens is 356 g/mol. The zero-order valence-electron chi connectivity index (χ0n) is 16.2. The number of thioether (sulfide) groups is 1. The number of methoxy groups -OCH3 is 1. The van der Waals surface area contributed by atoms with E-state index in [0.29, 0.717) is 6.42 Å². The molecule has 3 rings (SSSR count). The number of rotatable bonds is 6. The maximum absolute atomic E-state index is 12.9. The van der Waals surface area contributed by atoms with Crippen LogP contribution in [0.5, 0.6) is 5.75 Å². The summed E-state index contributed by atoms with van der Waals surface area (Å²) in [6.45, 7) is 4.02. The first-order chi connectivity index (χ1) is 13.0. The molecule has 4 nitrogen and oxygen atoms in total. The zero-order chi connectivity index (χ0) is 19.4. The fraction of sp³-hybridized carbons (Fsp3) is 0.273. The van der Waals surface area contributed by atoms with E-state index in [1.54, 1.807) is 30.5 Å². The molecule has 0 unspecified atom stereocenters. The minimum absolute atomic E-state index is 0.0191. The lowest BCUT2D eigenvalue weighted by atomic mass is 10.1. The summed E-state index contributed by atoms with van der Waals surface area (Å²) in [5, 5.41) is 0.749. The second-order valence-corrected chi connectivity index (χ2v) is 7.51. The number of benzene rings is 2. The Hall–Kier alpha value is -2.53. The van der Waals surface area contributed by atoms with Crippen molar-refractivity contribution in [3.05, 3.63) is 86.8 Å². The highest BCUT2D eigenvalue weighted by atomic mass is 32.2. The third kappa shape index (κ3) is 4.42. The summed E-state index contributed by atoms with van der Waals surface area (Å²) in [6, 6.07) is 16.1. The molecule has 140 valence electrons. The van der Waals surface area contributed by atoms with E-state index in [1.807, 2.05) is 43.3 Å². The normalized spacial score (nSPS) is 10.8. The summed E-state index contributed by atoms with van der Waals surface area (Å²) in [7, 11) is 3.44. The Labute approximate surface area is 164 Å². The number of aromatic nitrogens is 2. The number of aryl methyl sites for hydroxylation is 2. The van der Waals surface area contributed by atoms with Crippen LogP contribution in [0, 0.1) is 13.8 Å². The maximum atomic E-state index is 12.9. The second-order valence-electron chi connectivity index (χ2n) is 6.56. The van der Waals surface area contributed by atoms with E-state index in [0.717, 1.165) is 33.5 Å². The van der Waals surface area contributed by atoms with Crippen molar-refractivity contribution in [2.24, 2.45) is 7.05 Å². The zero-order valence-corrected chi connectivity index (χ0v) is 17.0. The Morgan fingerprint density at radius 1 is 1.07 bits per heavy atom. The van der Waals surface area contributed by atoms with Crippen LogP contribution in [0.3, 0.4) is 0 Å². The predicted molar refractivity (Wildman–Crippen MR) is 111 cm³/mol. The topological polar surface area (TPSA) is 44.1 Å². The lowest BCUT2D eigenvalue weighted by molar-refractivity contribution is 0.414. The van der Waals surface area contributed by atoms with Crippen molar-refractivity contribution in [1.82, 2.24) is 9.55 Å². The van der Waals surface area contributed by atoms with Crippen LogP contribution in [-0.2, 0) is 19.2 Å². The van der Waals surface area contributed by atoms with Crippen molar-refractivity contribution in [3.63, 3.8) is 0 Å². The molecule has 1 heterocycles. The molecule has 0 fully saturated rings. The lowest BCUT2D eigenvalue weighted by Crippen LogP contribution is -2.25. The van der Waals surface area contributed by atoms with Crippen molar-refractivity contribution >= 4 is 11.8 Å². The second kappa shape index (κ2) is 8.44. The summed E-state index contributed by atoms with van der Waals surface area (Å²) < 4.78 is 6.85. The van der Waals surface area contributed by atoms with Crippen LogP contribution in [-0.4, -0.2) is 16.7 Å². The van der Waals surface area contributed by atoms with Gasteiger partial charge in [0.05, 0.1) is 7.11 Å². The standard InChI is InChI=1S/C22H24N2O2S/c1-15-7-5-6-8-18(15)14-27-22-23-16(2)20(21(25)24(22)3)13-17-9-11-19(26-4)12-10-17/h5-12H,13-14H2,1-4H3. The molecule has 0 aliphatic rings.